The molecule has 2 heterocycles. The van der Waals surface area contributed by atoms with Crippen LogP contribution in [0.5, 0.6) is 0 Å². The van der Waals surface area contributed by atoms with Gasteiger partial charge in [-0.3, -0.25) is 0 Å². The van der Waals surface area contributed by atoms with E-state index in [9.17, 15) is 0 Å². The molecular weight excluding hydrogens is 817 g/mol. The molecule has 0 amide bonds. The zero-order valence-corrected chi connectivity index (χ0v) is 37.4. The second kappa shape index (κ2) is 24.5. The van der Waals surface area contributed by atoms with Gasteiger partial charge in [0.2, 0.25) is 0 Å². The van der Waals surface area contributed by atoms with Crippen molar-refractivity contribution in [3.63, 3.8) is 0 Å². The van der Waals surface area contributed by atoms with Crippen molar-refractivity contribution in [2.75, 3.05) is 13.2 Å². The molecular formula is C56H62O9. The first-order chi connectivity index (χ1) is 32.1. The summed E-state index contributed by atoms with van der Waals surface area (Å²) in [5.74, 6) is -0.0431. The molecule has 6 aromatic carbocycles. The Morgan fingerprint density at radius 3 is 1.06 bits per heavy atom. The summed E-state index contributed by atoms with van der Waals surface area (Å²) in [7, 11) is 0. The molecule has 2 aliphatic heterocycles. The Morgan fingerprint density at radius 1 is 0.338 bits per heavy atom. The second-order valence-electron chi connectivity index (χ2n) is 16.9. The van der Waals surface area contributed by atoms with Crippen LogP contribution in [-0.4, -0.2) is 68.3 Å². The van der Waals surface area contributed by atoms with Gasteiger partial charge in [-0.1, -0.05) is 189 Å². The molecule has 0 aliphatic carbocycles. The third-order valence-electron chi connectivity index (χ3n) is 12.1. The van der Waals surface area contributed by atoms with Gasteiger partial charge in [-0.25, -0.2) is 0 Å². The molecule has 9 nitrogen and oxygen atoms in total. The van der Waals surface area contributed by atoms with Crippen molar-refractivity contribution in [1.82, 2.24) is 0 Å². The summed E-state index contributed by atoms with van der Waals surface area (Å²) in [6.45, 7) is 6.86. The molecule has 9 heteroatoms. The molecule has 2 fully saturated rings. The van der Waals surface area contributed by atoms with Gasteiger partial charge in [-0.05, 0) is 40.3 Å². The SMILES string of the molecule is CC1[C@H](C)OC(COCc2ccccc2)[C@H](O[C@@H]2OC(COCc3ccccc3)[C@H](OCc3ccccc3)[C@H](OCc3ccccc3)C2OCc2ccccc2)[C@H]1OCc1ccccc1. The Kier molecular flexibility index (Phi) is 17.5. The molecule has 2 saturated heterocycles. The van der Waals surface area contributed by atoms with E-state index in [4.69, 9.17) is 42.6 Å². The molecule has 0 bridgehead atoms. The van der Waals surface area contributed by atoms with Crippen molar-refractivity contribution in [3.8, 4) is 0 Å². The maximum absolute atomic E-state index is 7.39. The summed E-state index contributed by atoms with van der Waals surface area (Å²) < 4.78 is 62.2. The minimum Gasteiger partial charge on any atom is -0.374 e. The van der Waals surface area contributed by atoms with Crippen LogP contribution in [-0.2, 0) is 82.3 Å². The van der Waals surface area contributed by atoms with E-state index in [1.54, 1.807) is 0 Å². The summed E-state index contributed by atoms with van der Waals surface area (Å²) in [6, 6.07) is 60.9. The average molecular weight is 879 g/mol. The third kappa shape index (κ3) is 13.5. The van der Waals surface area contributed by atoms with Gasteiger partial charge in [-0.15, -0.1) is 0 Å². The smallest absolute Gasteiger partial charge is 0.187 e. The number of ether oxygens (including phenoxy) is 9. The maximum atomic E-state index is 7.39. The first-order valence-electron chi connectivity index (χ1n) is 22.9. The summed E-state index contributed by atoms with van der Waals surface area (Å²) in [5, 5.41) is 0. The van der Waals surface area contributed by atoms with Crippen LogP contribution in [0.15, 0.2) is 182 Å². The van der Waals surface area contributed by atoms with Crippen molar-refractivity contribution >= 4 is 0 Å². The number of benzene rings is 6. The summed E-state index contributed by atoms with van der Waals surface area (Å²) >= 11 is 0. The fraction of sp³-hybridized carbons (Fsp3) is 0.357. The molecule has 0 spiro atoms. The van der Waals surface area contributed by atoms with Gasteiger partial charge in [0, 0.05) is 5.92 Å². The highest BCUT2D eigenvalue weighted by Crippen LogP contribution is 2.37. The van der Waals surface area contributed by atoms with E-state index in [-0.39, 0.29) is 31.8 Å². The fourth-order valence-electron chi connectivity index (χ4n) is 8.45. The Morgan fingerprint density at radius 2 is 0.662 bits per heavy atom. The molecule has 0 saturated carbocycles. The summed E-state index contributed by atoms with van der Waals surface area (Å²) in [4.78, 5) is 0. The molecule has 4 unspecified atom stereocenters. The zero-order chi connectivity index (χ0) is 44.5. The van der Waals surface area contributed by atoms with E-state index < -0.39 is 49.0 Å². The van der Waals surface area contributed by atoms with Crippen LogP contribution < -0.4 is 0 Å². The number of hydrogen-bond acceptors (Lipinski definition) is 9. The van der Waals surface area contributed by atoms with Crippen LogP contribution in [0.25, 0.3) is 0 Å². The minimum absolute atomic E-state index is 0.0431. The third-order valence-corrected chi connectivity index (χ3v) is 12.1. The highest BCUT2D eigenvalue weighted by Gasteiger charge is 2.53. The summed E-state index contributed by atoms with van der Waals surface area (Å²) in [5.41, 5.74) is 6.24. The van der Waals surface area contributed by atoms with Crippen LogP contribution in [0.1, 0.15) is 47.2 Å². The quantitative estimate of drug-likeness (QED) is 0.0662. The molecule has 8 rings (SSSR count). The molecule has 10 atom stereocenters. The molecule has 0 N–H and O–H groups in total. The predicted molar refractivity (Wildman–Crippen MR) is 249 cm³/mol. The number of rotatable bonds is 22. The molecule has 0 aromatic heterocycles. The summed E-state index contributed by atoms with van der Waals surface area (Å²) in [6.07, 6.45) is -5.31. The Bertz CT molecular complexity index is 2200. The lowest BCUT2D eigenvalue weighted by molar-refractivity contribution is -0.358. The van der Waals surface area contributed by atoms with Gasteiger partial charge < -0.3 is 42.6 Å². The molecule has 340 valence electrons. The lowest BCUT2D eigenvalue weighted by Crippen LogP contribution is -2.64. The van der Waals surface area contributed by atoms with Gasteiger partial charge in [0.15, 0.2) is 6.29 Å². The predicted octanol–water partition coefficient (Wildman–Crippen LogP) is 10.3. The van der Waals surface area contributed by atoms with Gasteiger partial charge >= 0.3 is 0 Å². The van der Waals surface area contributed by atoms with Crippen LogP contribution >= 0.6 is 0 Å². The second-order valence-corrected chi connectivity index (χ2v) is 16.9. The molecule has 2 aliphatic rings. The topological polar surface area (TPSA) is 83.1 Å². The minimum atomic E-state index is -0.963. The van der Waals surface area contributed by atoms with Crippen molar-refractivity contribution in [2.45, 2.75) is 109 Å². The van der Waals surface area contributed by atoms with Gasteiger partial charge in [-0.2, -0.15) is 0 Å². The van der Waals surface area contributed by atoms with Crippen molar-refractivity contribution < 1.29 is 42.6 Å². The first-order valence-corrected chi connectivity index (χ1v) is 22.9. The van der Waals surface area contributed by atoms with Crippen molar-refractivity contribution in [3.05, 3.63) is 215 Å². The molecule has 6 aromatic rings. The van der Waals surface area contributed by atoms with E-state index in [1.807, 2.05) is 109 Å². The Labute approximate surface area is 384 Å². The van der Waals surface area contributed by atoms with Crippen LogP contribution in [0, 0.1) is 5.92 Å². The van der Waals surface area contributed by atoms with E-state index >= 15 is 0 Å². The highest BCUT2D eigenvalue weighted by molar-refractivity contribution is 5.18. The monoisotopic (exact) mass is 878 g/mol. The van der Waals surface area contributed by atoms with Gasteiger partial charge in [0.1, 0.15) is 36.6 Å². The molecule has 65 heavy (non-hydrogen) atoms. The fourth-order valence-corrected chi connectivity index (χ4v) is 8.45. The first kappa shape index (κ1) is 46.5. The van der Waals surface area contributed by atoms with Gasteiger partial charge in [0.25, 0.3) is 0 Å². The van der Waals surface area contributed by atoms with Crippen LogP contribution in [0.4, 0.5) is 0 Å². The zero-order valence-electron chi connectivity index (χ0n) is 37.4. The maximum Gasteiger partial charge on any atom is 0.187 e. The lowest BCUT2D eigenvalue weighted by Gasteiger charge is -2.50. The van der Waals surface area contributed by atoms with Crippen molar-refractivity contribution in [2.24, 2.45) is 5.92 Å². The molecule has 0 radical (unpaired) electrons. The van der Waals surface area contributed by atoms with Gasteiger partial charge in [0.05, 0.1) is 65.1 Å². The van der Waals surface area contributed by atoms with E-state index in [2.05, 4.69) is 86.6 Å². The standard InChI is InChI=1S/C56H62O9/c1-41-42(2)63-50(40-58-34-44-23-11-4-12-24-44)53(51(41)59-35-45-25-13-5-14-26-45)65-56-55(62-38-48-31-19-8-20-32-48)54(61-37-47-29-17-7-18-30-47)52(60-36-46-27-15-6-16-28-46)49(64-56)39-57-33-43-21-9-3-10-22-43/h3-32,41-42,49-56H,33-40H2,1-2H3/t41?,42-,49?,50?,51-,52-,53-,54-,55?,56-/m0/s1. The Balaban J connectivity index is 1.15. The van der Waals surface area contributed by atoms with E-state index in [0.29, 0.717) is 33.0 Å². The van der Waals surface area contributed by atoms with Crippen LogP contribution in [0.3, 0.4) is 0 Å². The van der Waals surface area contributed by atoms with Crippen LogP contribution in [0.2, 0.25) is 0 Å². The largest absolute Gasteiger partial charge is 0.374 e. The number of hydrogen-bond donors (Lipinski definition) is 0. The highest BCUT2D eigenvalue weighted by atomic mass is 16.7. The van der Waals surface area contributed by atoms with E-state index in [0.717, 1.165) is 33.4 Å². The van der Waals surface area contributed by atoms with E-state index in [1.165, 1.54) is 0 Å². The normalized spacial score (nSPS) is 25.6. The average Bonchev–Trinajstić information content (AvgIpc) is 3.35. The Hall–Kier alpha value is -5.04. The van der Waals surface area contributed by atoms with Crippen molar-refractivity contribution in [1.29, 1.82) is 0 Å². The lowest BCUT2D eigenvalue weighted by atomic mass is 9.88.